The number of benzene rings is 1. The van der Waals surface area contributed by atoms with Crippen LogP contribution in [0.15, 0.2) is 23.1 Å². The fourth-order valence-electron chi connectivity index (χ4n) is 2.36. The van der Waals surface area contributed by atoms with E-state index in [0.717, 1.165) is 38.1 Å². The molecule has 0 bridgehead atoms. The number of likely N-dealkylation sites (tertiary alicyclic amines) is 1. The van der Waals surface area contributed by atoms with Crippen LogP contribution in [0.25, 0.3) is 0 Å². The van der Waals surface area contributed by atoms with E-state index >= 15 is 0 Å². The van der Waals surface area contributed by atoms with Gasteiger partial charge in [-0.3, -0.25) is 4.90 Å². The summed E-state index contributed by atoms with van der Waals surface area (Å²) in [6, 6.07) is 3.45. The molecule has 0 spiro atoms. The molecule has 0 saturated carbocycles. The van der Waals surface area contributed by atoms with Gasteiger partial charge in [0.05, 0.1) is 5.69 Å². The van der Waals surface area contributed by atoms with Crippen molar-refractivity contribution in [2.75, 3.05) is 25.4 Å². The van der Waals surface area contributed by atoms with Gasteiger partial charge in [-0.05, 0) is 51.1 Å². The topological polar surface area (TPSA) is 75.4 Å². The Morgan fingerprint density at radius 2 is 2.05 bits per heavy atom. The van der Waals surface area contributed by atoms with Gasteiger partial charge in [-0.2, -0.15) is 0 Å². The zero-order chi connectivity index (χ0) is 14.8. The van der Waals surface area contributed by atoms with E-state index in [0.29, 0.717) is 0 Å². The molecule has 7 heteroatoms. The minimum atomic E-state index is -3.78. The van der Waals surface area contributed by atoms with Crippen LogP contribution < -0.4 is 10.5 Å². The molecule has 112 valence electrons. The summed E-state index contributed by atoms with van der Waals surface area (Å²) >= 11 is 0. The molecule has 0 amide bonds. The second kappa shape index (κ2) is 6.07. The number of nitrogen functional groups attached to an aromatic ring is 1. The first kappa shape index (κ1) is 15.2. The Kier molecular flexibility index (Phi) is 4.62. The molecule has 1 saturated heterocycles. The van der Waals surface area contributed by atoms with Crippen LogP contribution in [0.3, 0.4) is 0 Å². The molecular weight excluding hydrogens is 281 g/mol. The van der Waals surface area contributed by atoms with E-state index in [-0.39, 0.29) is 23.2 Å². The van der Waals surface area contributed by atoms with Crippen LogP contribution in [-0.2, 0) is 10.0 Å². The minimum absolute atomic E-state index is 0.0488. The molecule has 2 rings (SSSR count). The number of nitrogens with two attached hydrogens (primary N) is 1. The third kappa shape index (κ3) is 3.47. The number of hydrogen-bond donors (Lipinski definition) is 2. The van der Waals surface area contributed by atoms with Gasteiger partial charge >= 0.3 is 0 Å². The van der Waals surface area contributed by atoms with Crippen LogP contribution >= 0.6 is 0 Å². The Hall–Kier alpha value is -1.18. The van der Waals surface area contributed by atoms with E-state index in [1.807, 2.05) is 6.92 Å². The van der Waals surface area contributed by atoms with Crippen molar-refractivity contribution in [2.24, 2.45) is 0 Å². The molecule has 5 nitrogen and oxygen atoms in total. The second-order valence-electron chi connectivity index (χ2n) is 5.13. The van der Waals surface area contributed by atoms with Crippen molar-refractivity contribution in [1.82, 2.24) is 9.62 Å². The lowest BCUT2D eigenvalue weighted by Crippen LogP contribution is -2.40. The third-order valence-electron chi connectivity index (χ3n) is 3.60. The van der Waals surface area contributed by atoms with Gasteiger partial charge < -0.3 is 5.73 Å². The average Bonchev–Trinajstić information content (AvgIpc) is 2.93. The van der Waals surface area contributed by atoms with Gasteiger partial charge in [-0.15, -0.1) is 0 Å². The van der Waals surface area contributed by atoms with Gasteiger partial charge in [-0.25, -0.2) is 17.5 Å². The molecule has 1 aliphatic heterocycles. The summed E-state index contributed by atoms with van der Waals surface area (Å²) in [6.07, 6.45) is 2.29. The van der Waals surface area contributed by atoms with Crippen molar-refractivity contribution < 1.29 is 12.8 Å². The summed E-state index contributed by atoms with van der Waals surface area (Å²) < 4.78 is 40.0. The van der Waals surface area contributed by atoms with Gasteiger partial charge in [0.25, 0.3) is 0 Å². The molecule has 1 aromatic rings. The van der Waals surface area contributed by atoms with Crippen LogP contribution in [0, 0.1) is 5.82 Å². The zero-order valence-electron chi connectivity index (χ0n) is 11.5. The molecule has 1 aromatic carbocycles. The highest BCUT2D eigenvalue weighted by Gasteiger charge is 2.22. The van der Waals surface area contributed by atoms with E-state index in [1.165, 1.54) is 6.07 Å². The third-order valence-corrected chi connectivity index (χ3v) is 5.08. The fraction of sp³-hybridized carbons (Fsp3) is 0.538. The fourth-order valence-corrected chi connectivity index (χ4v) is 3.62. The molecule has 0 aromatic heterocycles. The Bertz CT molecular complexity index is 571. The first-order chi connectivity index (χ1) is 9.40. The summed E-state index contributed by atoms with van der Waals surface area (Å²) in [6.45, 7) is 4.25. The summed E-state index contributed by atoms with van der Waals surface area (Å²) in [5.74, 6) is -0.618. The SMILES string of the molecule is CC(CNS(=O)(=O)c1cc(F)ccc1N)N1CCCC1. The quantitative estimate of drug-likeness (QED) is 0.801. The molecule has 1 fully saturated rings. The predicted octanol–water partition coefficient (Wildman–Crippen LogP) is 1.17. The van der Waals surface area contributed by atoms with Gasteiger partial charge in [-0.1, -0.05) is 0 Å². The maximum Gasteiger partial charge on any atom is 0.242 e. The first-order valence-electron chi connectivity index (χ1n) is 6.69. The van der Waals surface area contributed by atoms with Gasteiger partial charge in [0.2, 0.25) is 10.0 Å². The Balaban J connectivity index is 2.05. The van der Waals surface area contributed by atoms with E-state index in [9.17, 15) is 12.8 Å². The van der Waals surface area contributed by atoms with Gasteiger partial charge in [0.15, 0.2) is 0 Å². The Labute approximate surface area is 119 Å². The highest BCUT2D eigenvalue weighted by Crippen LogP contribution is 2.19. The van der Waals surface area contributed by atoms with Crippen LogP contribution in [0.2, 0.25) is 0 Å². The van der Waals surface area contributed by atoms with E-state index < -0.39 is 15.8 Å². The smallest absolute Gasteiger partial charge is 0.242 e. The van der Waals surface area contributed by atoms with E-state index in [1.54, 1.807) is 0 Å². The second-order valence-corrected chi connectivity index (χ2v) is 6.86. The van der Waals surface area contributed by atoms with Crippen LogP contribution in [0.1, 0.15) is 19.8 Å². The standard InChI is InChI=1S/C13H20FN3O2S/c1-10(17-6-2-3-7-17)9-16-20(18,19)13-8-11(14)4-5-12(13)15/h4-5,8,10,16H,2-3,6-7,9,15H2,1H3. The lowest BCUT2D eigenvalue weighted by Gasteiger charge is -2.23. The van der Waals surface area contributed by atoms with Crippen molar-refractivity contribution in [2.45, 2.75) is 30.7 Å². The van der Waals surface area contributed by atoms with E-state index in [4.69, 9.17) is 5.73 Å². The molecular formula is C13H20FN3O2S. The van der Waals surface area contributed by atoms with E-state index in [2.05, 4.69) is 9.62 Å². The zero-order valence-corrected chi connectivity index (χ0v) is 12.3. The maximum atomic E-state index is 13.2. The molecule has 1 heterocycles. The van der Waals surface area contributed by atoms with Crippen LogP contribution in [0.5, 0.6) is 0 Å². The highest BCUT2D eigenvalue weighted by atomic mass is 32.2. The molecule has 3 N–H and O–H groups in total. The average molecular weight is 301 g/mol. The Morgan fingerprint density at radius 3 is 2.70 bits per heavy atom. The van der Waals surface area contributed by atoms with Crippen molar-refractivity contribution in [3.8, 4) is 0 Å². The molecule has 20 heavy (non-hydrogen) atoms. The van der Waals surface area contributed by atoms with Crippen LogP contribution in [0.4, 0.5) is 10.1 Å². The number of anilines is 1. The normalized spacial score (nSPS) is 18.3. The molecule has 0 radical (unpaired) electrons. The summed E-state index contributed by atoms with van der Waals surface area (Å²) in [5.41, 5.74) is 5.66. The molecule has 1 atom stereocenters. The number of hydrogen-bond acceptors (Lipinski definition) is 4. The highest BCUT2D eigenvalue weighted by molar-refractivity contribution is 7.89. The molecule has 1 unspecified atom stereocenters. The van der Waals surface area contributed by atoms with Crippen molar-refractivity contribution in [1.29, 1.82) is 0 Å². The van der Waals surface area contributed by atoms with Crippen LogP contribution in [-0.4, -0.2) is 39.0 Å². The monoisotopic (exact) mass is 301 g/mol. The number of nitrogens with zero attached hydrogens (tertiary/aromatic N) is 1. The number of halogens is 1. The maximum absolute atomic E-state index is 13.2. The number of sulfonamides is 1. The lowest BCUT2D eigenvalue weighted by molar-refractivity contribution is 0.260. The van der Waals surface area contributed by atoms with Gasteiger partial charge in [0, 0.05) is 12.6 Å². The number of rotatable bonds is 5. The largest absolute Gasteiger partial charge is 0.398 e. The number of nitrogens with one attached hydrogen (secondary N) is 1. The molecule has 0 aliphatic carbocycles. The molecule has 1 aliphatic rings. The minimum Gasteiger partial charge on any atom is -0.398 e. The van der Waals surface area contributed by atoms with Gasteiger partial charge in [0.1, 0.15) is 10.7 Å². The van der Waals surface area contributed by atoms with Crippen molar-refractivity contribution in [3.63, 3.8) is 0 Å². The van der Waals surface area contributed by atoms with Crippen molar-refractivity contribution in [3.05, 3.63) is 24.0 Å². The summed E-state index contributed by atoms with van der Waals surface area (Å²) in [4.78, 5) is 2.03. The summed E-state index contributed by atoms with van der Waals surface area (Å²) in [7, 11) is -3.78. The summed E-state index contributed by atoms with van der Waals surface area (Å²) in [5, 5.41) is 0. The predicted molar refractivity (Wildman–Crippen MR) is 76.3 cm³/mol. The van der Waals surface area contributed by atoms with Crippen molar-refractivity contribution >= 4 is 15.7 Å². The lowest BCUT2D eigenvalue weighted by atomic mass is 10.3. The first-order valence-corrected chi connectivity index (χ1v) is 8.17. The Morgan fingerprint density at radius 1 is 1.40 bits per heavy atom.